The third-order valence-electron chi connectivity index (χ3n) is 8.27. The summed E-state index contributed by atoms with van der Waals surface area (Å²) < 4.78 is 63.2. The lowest BCUT2D eigenvalue weighted by molar-refractivity contribution is -0.137. The molecule has 0 aliphatic heterocycles. The maximum atomic E-state index is 14.0. The first-order chi connectivity index (χ1) is 23.9. The second-order valence-corrected chi connectivity index (χ2v) is 12.9. The molecule has 13 heteroatoms. The number of alkyl halides is 3. The Bertz CT molecular complexity index is 1970. The van der Waals surface area contributed by atoms with E-state index >= 15 is 0 Å². The van der Waals surface area contributed by atoms with Crippen LogP contribution in [0.1, 0.15) is 75.9 Å². The van der Waals surface area contributed by atoms with Crippen molar-refractivity contribution in [2.45, 2.75) is 78.7 Å². The van der Waals surface area contributed by atoms with Crippen molar-refractivity contribution in [1.82, 2.24) is 0 Å². The number of carbonyl (C=O) groups is 3. The van der Waals surface area contributed by atoms with E-state index < -0.39 is 41.1 Å². The van der Waals surface area contributed by atoms with Gasteiger partial charge in [-0.05, 0) is 101 Å². The maximum Gasteiger partial charge on any atom is 0.514 e. The van der Waals surface area contributed by atoms with E-state index in [4.69, 9.17) is 18.9 Å². The number of imide groups is 1. The molecule has 4 aromatic carbocycles. The lowest BCUT2D eigenvalue weighted by Gasteiger charge is -2.28. The maximum absolute atomic E-state index is 14.0. The van der Waals surface area contributed by atoms with Crippen LogP contribution in [-0.2, 0) is 15.7 Å². The monoisotopic (exact) mass is 707 g/mol. The van der Waals surface area contributed by atoms with Crippen molar-refractivity contribution < 1.29 is 46.5 Å². The first-order valence-corrected chi connectivity index (χ1v) is 16.2. The number of hydrogen-bond donors (Lipinski definition) is 0. The van der Waals surface area contributed by atoms with Crippen molar-refractivity contribution in [3.8, 4) is 11.5 Å². The van der Waals surface area contributed by atoms with Gasteiger partial charge in [-0.3, -0.25) is 4.79 Å². The second kappa shape index (κ2) is 15.2. The lowest BCUT2D eigenvalue weighted by atomic mass is 10.0. The minimum atomic E-state index is -4.74. The standard InChI is InChI=1S/C38H40F3N3O7/c1-9-36(4,5)50-34(46)44(27-16-13-15-26(22-27)38(39,40)41)33(45)25-18-19-30(48-8)29(21-25)42-43-31-28-17-12-11-14-24(28)20-23(3)32(31)49-35(47)51-37(6,7)10-2/h11-22H,9-10H2,1-8H3. The second-order valence-electron chi connectivity index (χ2n) is 12.9. The molecular formula is C38H40F3N3O7. The molecule has 0 aliphatic carbocycles. The van der Waals surface area contributed by atoms with Crippen molar-refractivity contribution in [2.75, 3.05) is 12.0 Å². The molecule has 0 N–H and O–H groups in total. The van der Waals surface area contributed by atoms with E-state index in [2.05, 4.69) is 10.2 Å². The molecule has 0 bridgehead atoms. The topological polar surface area (TPSA) is 116 Å². The Kier molecular flexibility index (Phi) is 11.4. The Morgan fingerprint density at radius 2 is 1.47 bits per heavy atom. The van der Waals surface area contributed by atoms with Crippen LogP contribution in [0.3, 0.4) is 0 Å². The highest BCUT2D eigenvalue weighted by Gasteiger charge is 2.35. The van der Waals surface area contributed by atoms with Gasteiger partial charge in [0, 0.05) is 10.9 Å². The van der Waals surface area contributed by atoms with Crippen molar-refractivity contribution in [2.24, 2.45) is 10.2 Å². The smallest absolute Gasteiger partial charge is 0.494 e. The molecule has 0 heterocycles. The first-order valence-electron chi connectivity index (χ1n) is 16.2. The summed E-state index contributed by atoms with van der Waals surface area (Å²) in [6, 6.07) is 16.9. The minimum absolute atomic E-state index is 0.0285. The van der Waals surface area contributed by atoms with Crippen LogP contribution in [0.2, 0.25) is 0 Å². The third-order valence-corrected chi connectivity index (χ3v) is 8.27. The number of ether oxygens (including phenoxy) is 4. The van der Waals surface area contributed by atoms with Gasteiger partial charge in [-0.1, -0.05) is 44.2 Å². The molecule has 4 rings (SSSR count). The molecule has 2 amide bonds. The fraction of sp³-hybridized carbons (Fsp3) is 0.342. The Hall–Kier alpha value is -5.46. The predicted molar refractivity (Wildman–Crippen MR) is 186 cm³/mol. The van der Waals surface area contributed by atoms with Crippen LogP contribution in [0.15, 0.2) is 83.0 Å². The number of carbonyl (C=O) groups excluding carboxylic acids is 3. The van der Waals surface area contributed by atoms with E-state index in [1.165, 1.54) is 31.4 Å². The van der Waals surface area contributed by atoms with Crippen LogP contribution in [0.4, 0.5) is 39.8 Å². The van der Waals surface area contributed by atoms with Gasteiger partial charge in [-0.2, -0.15) is 13.2 Å². The van der Waals surface area contributed by atoms with Crippen LogP contribution in [0.25, 0.3) is 10.8 Å². The average molecular weight is 708 g/mol. The number of benzene rings is 4. The summed E-state index contributed by atoms with van der Waals surface area (Å²) in [5.41, 5.74) is -2.59. The Balaban J connectivity index is 1.82. The van der Waals surface area contributed by atoms with Crippen LogP contribution >= 0.6 is 0 Å². The molecule has 0 radical (unpaired) electrons. The van der Waals surface area contributed by atoms with Crippen LogP contribution in [0.5, 0.6) is 11.5 Å². The number of azo groups is 1. The van der Waals surface area contributed by atoms with Gasteiger partial charge in [0.15, 0.2) is 5.75 Å². The molecule has 0 aromatic heterocycles. The van der Waals surface area contributed by atoms with Gasteiger partial charge in [0.05, 0.1) is 18.4 Å². The van der Waals surface area contributed by atoms with Crippen LogP contribution in [0, 0.1) is 6.92 Å². The Morgan fingerprint density at radius 3 is 2.12 bits per heavy atom. The highest BCUT2D eigenvalue weighted by Crippen LogP contribution is 2.42. The molecule has 0 atom stereocenters. The molecule has 0 saturated heterocycles. The molecule has 51 heavy (non-hydrogen) atoms. The molecule has 270 valence electrons. The molecule has 10 nitrogen and oxygen atoms in total. The number of hydrogen-bond acceptors (Lipinski definition) is 9. The number of methoxy groups -OCH3 is 1. The van der Waals surface area contributed by atoms with E-state index in [0.717, 1.165) is 17.5 Å². The summed E-state index contributed by atoms with van der Waals surface area (Å²) in [4.78, 5) is 40.9. The zero-order chi connectivity index (χ0) is 37.7. The largest absolute Gasteiger partial charge is 0.514 e. The number of amides is 2. The molecule has 0 fully saturated rings. The van der Waals surface area contributed by atoms with Gasteiger partial charge >= 0.3 is 18.4 Å². The van der Waals surface area contributed by atoms with Gasteiger partial charge in [0.25, 0.3) is 5.91 Å². The van der Waals surface area contributed by atoms with E-state index in [1.807, 2.05) is 25.1 Å². The van der Waals surface area contributed by atoms with Crippen molar-refractivity contribution >= 4 is 46.0 Å². The number of aryl methyl sites for hydroxylation is 1. The highest BCUT2D eigenvalue weighted by molar-refractivity contribution is 6.19. The Morgan fingerprint density at radius 1 is 0.804 bits per heavy atom. The van der Waals surface area contributed by atoms with E-state index in [-0.39, 0.29) is 34.1 Å². The summed E-state index contributed by atoms with van der Waals surface area (Å²) in [7, 11) is 1.37. The molecule has 4 aromatic rings. The number of anilines is 1. The number of rotatable bonds is 10. The summed E-state index contributed by atoms with van der Waals surface area (Å²) in [5, 5.41) is 10.2. The summed E-state index contributed by atoms with van der Waals surface area (Å²) in [6.07, 6.45) is -5.94. The van der Waals surface area contributed by atoms with Crippen LogP contribution in [-0.4, -0.2) is 36.5 Å². The van der Waals surface area contributed by atoms with E-state index in [0.29, 0.717) is 34.8 Å². The summed E-state index contributed by atoms with van der Waals surface area (Å²) in [5.74, 6) is -0.714. The van der Waals surface area contributed by atoms with E-state index in [9.17, 15) is 27.6 Å². The zero-order valence-electron chi connectivity index (χ0n) is 29.7. The fourth-order valence-electron chi connectivity index (χ4n) is 4.69. The first kappa shape index (κ1) is 38.3. The van der Waals surface area contributed by atoms with Gasteiger partial charge in [0.1, 0.15) is 28.3 Å². The summed E-state index contributed by atoms with van der Waals surface area (Å²) in [6.45, 7) is 12.1. The Labute approximate surface area is 294 Å². The van der Waals surface area contributed by atoms with Gasteiger partial charge < -0.3 is 18.9 Å². The van der Waals surface area contributed by atoms with Crippen LogP contribution < -0.4 is 14.4 Å². The van der Waals surface area contributed by atoms with Crippen molar-refractivity contribution in [1.29, 1.82) is 0 Å². The van der Waals surface area contributed by atoms with Crippen molar-refractivity contribution in [3.05, 3.63) is 89.5 Å². The molecule has 0 spiro atoms. The molecule has 0 saturated carbocycles. The number of nitrogens with zero attached hydrogens (tertiary/aromatic N) is 3. The quantitative estimate of drug-likeness (QED) is 0.0915. The third kappa shape index (κ3) is 9.21. The van der Waals surface area contributed by atoms with Crippen molar-refractivity contribution in [3.63, 3.8) is 0 Å². The zero-order valence-corrected chi connectivity index (χ0v) is 29.7. The number of halogens is 3. The molecule has 0 aliphatic rings. The fourth-order valence-corrected chi connectivity index (χ4v) is 4.69. The highest BCUT2D eigenvalue weighted by atomic mass is 19.4. The SMILES string of the molecule is CCC(C)(C)OC(=O)Oc1c(C)cc2ccccc2c1N=Nc1cc(C(=O)N(C(=O)OC(C)(C)CC)c2cccc(C(F)(F)F)c2)ccc1OC. The van der Waals surface area contributed by atoms with E-state index in [1.54, 1.807) is 53.7 Å². The van der Waals surface area contributed by atoms with Gasteiger partial charge in [-0.25, -0.2) is 14.5 Å². The average Bonchev–Trinajstić information content (AvgIpc) is 3.07. The lowest BCUT2D eigenvalue weighted by Crippen LogP contribution is -2.42. The predicted octanol–water partition coefficient (Wildman–Crippen LogP) is 11.3. The van der Waals surface area contributed by atoms with Gasteiger partial charge in [-0.15, -0.1) is 10.2 Å². The number of fused-ring (bicyclic) bond motifs is 1. The minimum Gasteiger partial charge on any atom is -0.494 e. The summed E-state index contributed by atoms with van der Waals surface area (Å²) >= 11 is 0. The normalized spacial score (nSPS) is 12.1. The molecule has 0 unspecified atom stereocenters. The van der Waals surface area contributed by atoms with Gasteiger partial charge in [0.2, 0.25) is 0 Å². The molecular weight excluding hydrogens is 667 g/mol.